The van der Waals surface area contributed by atoms with Crippen LogP contribution in [-0.2, 0) is 23.1 Å². The molecule has 1 fully saturated rings. The van der Waals surface area contributed by atoms with E-state index in [1.807, 2.05) is 18.2 Å². The maximum atomic E-state index is 12.6. The van der Waals surface area contributed by atoms with Crippen LogP contribution in [0.2, 0.25) is 0 Å². The van der Waals surface area contributed by atoms with Gasteiger partial charge in [0.1, 0.15) is 6.26 Å². The molecule has 166 valence electrons. The summed E-state index contributed by atoms with van der Waals surface area (Å²) >= 11 is 0. The van der Waals surface area contributed by atoms with Gasteiger partial charge in [0.05, 0.1) is 10.6 Å². The molecule has 2 heterocycles. The highest BCUT2D eigenvalue weighted by molar-refractivity contribution is 14.0. The Hall–Kier alpha value is -1.70. The quantitative estimate of drug-likeness (QED) is 0.332. The van der Waals surface area contributed by atoms with Crippen LogP contribution in [0, 0.1) is 0 Å². The predicted octanol–water partition coefficient (Wildman–Crippen LogP) is 1.44. The van der Waals surface area contributed by atoms with Gasteiger partial charge in [-0.2, -0.15) is 0 Å². The average molecular weight is 548 g/mol. The first-order valence-electron chi connectivity index (χ1n) is 9.49. The zero-order valence-electron chi connectivity index (χ0n) is 17.5. The van der Waals surface area contributed by atoms with Crippen molar-refractivity contribution in [3.63, 3.8) is 0 Å². The molecule has 2 aromatic rings. The molecule has 1 aliphatic heterocycles. The van der Waals surface area contributed by atoms with Crippen LogP contribution >= 0.6 is 24.0 Å². The summed E-state index contributed by atoms with van der Waals surface area (Å²) in [6, 6.07) is 8.93. The lowest BCUT2D eigenvalue weighted by atomic mass is 10.2. The molecule has 30 heavy (non-hydrogen) atoms. The minimum absolute atomic E-state index is 0. The smallest absolute Gasteiger partial charge is 0.242 e. The van der Waals surface area contributed by atoms with E-state index in [0.29, 0.717) is 17.0 Å². The highest BCUT2D eigenvalue weighted by Crippen LogP contribution is 2.18. The van der Waals surface area contributed by atoms with Gasteiger partial charge in [0.25, 0.3) is 0 Å². The van der Waals surface area contributed by atoms with Crippen LogP contribution in [0.25, 0.3) is 0 Å². The van der Waals surface area contributed by atoms with Gasteiger partial charge in [-0.3, -0.25) is 9.89 Å². The van der Waals surface area contributed by atoms with Crippen LogP contribution in [0.3, 0.4) is 0 Å². The fourth-order valence-corrected chi connectivity index (χ4v) is 4.39. The van der Waals surface area contributed by atoms with E-state index in [4.69, 9.17) is 4.52 Å². The van der Waals surface area contributed by atoms with Crippen LogP contribution in [0.1, 0.15) is 11.3 Å². The second kappa shape index (κ2) is 11.1. The Bertz CT molecular complexity index is 926. The highest BCUT2D eigenvalue weighted by atomic mass is 127. The van der Waals surface area contributed by atoms with Crippen LogP contribution < -0.4 is 5.32 Å². The monoisotopic (exact) mass is 548 g/mol. The Kier molecular flexibility index (Phi) is 9.07. The van der Waals surface area contributed by atoms with Gasteiger partial charge in [0.15, 0.2) is 5.96 Å². The molecule has 11 heteroatoms. The van der Waals surface area contributed by atoms with Gasteiger partial charge in [-0.1, -0.05) is 23.4 Å². The zero-order valence-corrected chi connectivity index (χ0v) is 20.6. The first-order valence-corrected chi connectivity index (χ1v) is 10.9. The number of aromatic nitrogens is 1. The topological polar surface area (TPSA) is 94.3 Å². The molecule has 1 N–H and O–H groups in total. The van der Waals surface area contributed by atoms with E-state index in [-0.39, 0.29) is 24.0 Å². The lowest BCUT2D eigenvalue weighted by Crippen LogP contribution is -2.52. The minimum atomic E-state index is -3.50. The molecule has 0 saturated carbocycles. The van der Waals surface area contributed by atoms with Crippen LogP contribution in [0.5, 0.6) is 0 Å². The predicted molar refractivity (Wildman–Crippen MR) is 126 cm³/mol. The summed E-state index contributed by atoms with van der Waals surface area (Å²) in [4.78, 5) is 9.19. The summed E-state index contributed by atoms with van der Waals surface area (Å²) in [5, 5.41) is 7.28. The molecule has 0 atom stereocenters. The van der Waals surface area contributed by atoms with Gasteiger partial charge in [-0.05, 0) is 11.6 Å². The second-order valence-corrected chi connectivity index (χ2v) is 9.17. The largest absolute Gasteiger partial charge is 0.364 e. The average Bonchev–Trinajstić information content (AvgIpc) is 3.23. The first kappa shape index (κ1) is 24.6. The molecule has 0 bridgehead atoms. The summed E-state index contributed by atoms with van der Waals surface area (Å²) in [6.45, 7) is 4.59. The first-order chi connectivity index (χ1) is 13.9. The Morgan fingerprint density at radius 2 is 1.90 bits per heavy atom. The number of hydrogen-bond acceptors (Lipinski definition) is 6. The summed E-state index contributed by atoms with van der Waals surface area (Å²) in [5.41, 5.74) is 1.65. The molecule has 1 aromatic heterocycles. The molecule has 0 amide bonds. The number of aliphatic imine (C=N–C) groups is 1. The Labute approximate surface area is 195 Å². The Morgan fingerprint density at radius 3 is 2.50 bits per heavy atom. The van der Waals surface area contributed by atoms with Crippen molar-refractivity contribution < 1.29 is 12.9 Å². The number of sulfonamides is 1. The maximum absolute atomic E-state index is 12.6. The van der Waals surface area contributed by atoms with E-state index in [1.54, 1.807) is 25.4 Å². The highest BCUT2D eigenvalue weighted by Gasteiger charge is 2.23. The standard InChI is InChI=1S/C19H28N6O3S.HI/c1-20-19(25-11-9-24(10-12-25)15-17-8-13-28-22-17)21-14-16-6-4-5-7-18(16)29(26,27)23(2)3;/h4-8,13H,9-12,14-15H2,1-3H3,(H,20,21);1H. The summed E-state index contributed by atoms with van der Waals surface area (Å²) in [7, 11) is 1.32. The van der Waals surface area contributed by atoms with Gasteiger partial charge in [0, 0.05) is 66.5 Å². The second-order valence-electron chi connectivity index (χ2n) is 7.05. The van der Waals surface area contributed by atoms with E-state index >= 15 is 0 Å². The number of nitrogens with zero attached hydrogens (tertiary/aromatic N) is 5. The van der Waals surface area contributed by atoms with Crippen molar-refractivity contribution in [1.29, 1.82) is 0 Å². The van der Waals surface area contributed by atoms with Gasteiger partial charge in [-0.25, -0.2) is 12.7 Å². The molecule has 0 unspecified atom stereocenters. The number of piperazine rings is 1. The lowest BCUT2D eigenvalue weighted by Gasteiger charge is -2.36. The summed E-state index contributed by atoms with van der Waals surface area (Å²) in [5.74, 6) is 0.767. The van der Waals surface area contributed by atoms with E-state index < -0.39 is 10.0 Å². The summed E-state index contributed by atoms with van der Waals surface area (Å²) in [6.07, 6.45) is 1.59. The third-order valence-corrected chi connectivity index (χ3v) is 6.84. The number of nitrogens with one attached hydrogen (secondary N) is 1. The van der Waals surface area contributed by atoms with Crippen molar-refractivity contribution in [1.82, 2.24) is 24.6 Å². The normalized spacial score (nSPS) is 15.9. The van der Waals surface area contributed by atoms with Crippen molar-refractivity contribution in [2.24, 2.45) is 4.99 Å². The van der Waals surface area contributed by atoms with E-state index in [2.05, 4.69) is 25.3 Å². The minimum Gasteiger partial charge on any atom is -0.364 e. The fourth-order valence-electron chi connectivity index (χ4n) is 3.27. The molecular formula is C19H29IN6O3S. The molecule has 1 aromatic carbocycles. The third kappa shape index (κ3) is 5.93. The molecule has 0 spiro atoms. The van der Waals surface area contributed by atoms with Crippen molar-refractivity contribution in [2.45, 2.75) is 18.0 Å². The van der Waals surface area contributed by atoms with E-state index in [9.17, 15) is 8.42 Å². The molecule has 3 rings (SSSR count). The molecule has 0 aliphatic carbocycles. The maximum Gasteiger partial charge on any atom is 0.242 e. The number of benzene rings is 1. The summed E-state index contributed by atoms with van der Waals surface area (Å²) < 4.78 is 31.3. The zero-order chi connectivity index (χ0) is 20.9. The van der Waals surface area contributed by atoms with Crippen LogP contribution in [0.4, 0.5) is 0 Å². The van der Waals surface area contributed by atoms with Crippen molar-refractivity contribution >= 4 is 40.0 Å². The van der Waals surface area contributed by atoms with Crippen molar-refractivity contribution in [2.75, 3.05) is 47.3 Å². The SMILES string of the molecule is CN=C(NCc1ccccc1S(=O)(=O)N(C)C)N1CCN(Cc2ccon2)CC1.I. The molecule has 1 saturated heterocycles. The molecule has 0 radical (unpaired) electrons. The van der Waals surface area contributed by atoms with Gasteiger partial charge < -0.3 is 14.7 Å². The number of halogens is 1. The van der Waals surface area contributed by atoms with E-state index in [1.165, 1.54) is 18.4 Å². The molecule has 9 nitrogen and oxygen atoms in total. The van der Waals surface area contributed by atoms with Gasteiger partial charge in [-0.15, -0.1) is 24.0 Å². The van der Waals surface area contributed by atoms with Crippen molar-refractivity contribution in [3.8, 4) is 0 Å². The van der Waals surface area contributed by atoms with Crippen LogP contribution in [-0.4, -0.2) is 81.0 Å². The lowest BCUT2D eigenvalue weighted by molar-refractivity contribution is 0.169. The van der Waals surface area contributed by atoms with E-state index in [0.717, 1.165) is 44.4 Å². The van der Waals surface area contributed by atoms with Gasteiger partial charge in [0.2, 0.25) is 10.0 Å². The van der Waals surface area contributed by atoms with Crippen molar-refractivity contribution in [3.05, 3.63) is 47.9 Å². The molecular weight excluding hydrogens is 519 g/mol. The Morgan fingerprint density at radius 1 is 1.20 bits per heavy atom. The number of guanidine groups is 1. The third-order valence-electron chi connectivity index (χ3n) is 4.93. The molecule has 1 aliphatic rings. The van der Waals surface area contributed by atoms with Gasteiger partial charge >= 0.3 is 0 Å². The Balaban J connectivity index is 0.00000320. The number of rotatable bonds is 6. The van der Waals surface area contributed by atoms with Crippen LogP contribution in [0.15, 0.2) is 51.0 Å². The number of hydrogen-bond donors (Lipinski definition) is 1. The fraction of sp³-hybridized carbons (Fsp3) is 0.474.